The minimum atomic E-state index is -0.299. The molecule has 170 valence electrons. The second-order valence-corrected chi connectivity index (χ2v) is 9.59. The molecule has 32 heavy (non-hydrogen) atoms. The molecular weight excluding hydrogens is 404 g/mol. The lowest BCUT2D eigenvalue weighted by atomic mass is 9.76. The predicted molar refractivity (Wildman–Crippen MR) is 120 cm³/mol. The monoisotopic (exact) mass is 436 g/mol. The van der Waals surface area contributed by atoms with E-state index in [-0.39, 0.29) is 23.3 Å². The zero-order valence-electron chi connectivity index (χ0n) is 18.6. The lowest BCUT2D eigenvalue weighted by Gasteiger charge is -2.47. The van der Waals surface area contributed by atoms with Crippen molar-refractivity contribution in [3.05, 3.63) is 54.0 Å². The van der Waals surface area contributed by atoms with E-state index in [0.29, 0.717) is 18.9 Å². The summed E-state index contributed by atoms with van der Waals surface area (Å²) in [5, 5.41) is 2.98. The maximum atomic E-state index is 12.9. The molecule has 1 N–H and O–H groups in total. The molecule has 6 heteroatoms. The van der Waals surface area contributed by atoms with Crippen molar-refractivity contribution in [3.63, 3.8) is 0 Å². The fourth-order valence-corrected chi connectivity index (χ4v) is 5.69. The molecule has 2 fully saturated rings. The average molecular weight is 437 g/mol. The summed E-state index contributed by atoms with van der Waals surface area (Å²) in [7, 11) is 0. The van der Waals surface area contributed by atoms with Crippen molar-refractivity contribution >= 4 is 11.8 Å². The molecule has 0 bridgehead atoms. The fraction of sp³-hybridized carbons (Fsp3) is 0.538. The van der Waals surface area contributed by atoms with Crippen LogP contribution < -0.4 is 10.1 Å². The van der Waals surface area contributed by atoms with Gasteiger partial charge in [-0.25, -0.2) is 0 Å². The molecule has 1 aromatic carbocycles. The largest absolute Gasteiger partial charge is 0.487 e. The third kappa shape index (κ3) is 4.41. The Morgan fingerprint density at radius 2 is 1.84 bits per heavy atom. The molecule has 1 aliphatic carbocycles. The van der Waals surface area contributed by atoms with E-state index in [1.165, 1.54) is 12.8 Å². The molecule has 5 rings (SSSR count). The highest BCUT2D eigenvalue weighted by Gasteiger charge is 2.44. The number of rotatable bonds is 5. The van der Waals surface area contributed by atoms with E-state index in [2.05, 4.69) is 16.3 Å². The topological polar surface area (TPSA) is 71.8 Å². The van der Waals surface area contributed by atoms with E-state index >= 15 is 0 Å². The first-order valence-corrected chi connectivity index (χ1v) is 12.0. The number of ether oxygens (including phenoxy) is 1. The minimum Gasteiger partial charge on any atom is -0.487 e. The van der Waals surface area contributed by atoms with Crippen molar-refractivity contribution in [3.8, 4) is 5.75 Å². The first-order valence-electron chi connectivity index (χ1n) is 12.0. The quantitative estimate of drug-likeness (QED) is 0.754. The Hall–Kier alpha value is -2.76. The van der Waals surface area contributed by atoms with Crippen molar-refractivity contribution in [1.29, 1.82) is 0 Å². The van der Waals surface area contributed by atoms with Gasteiger partial charge in [-0.3, -0.25) is 9.59 Å². The van der Waals surface area contributed by atoms with Crippen molar-refractivity contribution < 1.29 is 18.7 Å². The molecule has 3 heterocycles. The number of para-hydroxylation sites is 1. The van der Waals surface area contributed by atoms with E-state index in [9.17, 15) is 9.59 Å². The van der Waals surface area contributed by atoms with Gasteiger partial charge in [0, 0.05) is 44.2 Å². The van der Waals surface area contributed by atoms with Crippen LogP contribution in [0.5, 0.6) is 5.75 Å². The Labute approximate surface area is 189 Å². The first kappa shape index (κ1) is 21.1. The lowest BCUT2D eigenvalue weighted by molar-refractivity contribution is -0.139. The lowest BCUT2D eigenvalue weighted by Crippen LogP contribution is -2.52. The highest BCUT2D eigenvalue weighted by molar-refractivity contribution is 5.79. The number of carbonyl (C=O) groups is 2. The molecule has 1 saturated carbocycles. The number of fused-ring (bicyclic) bond motifs is 1. The Morgan fingerprint density at radius 3 is 2.59 bits per heavy atom. The third-order valence-corrected chi connectivity index (χ3v) is 7.47. The number of nitrogens with zero attached hydrogens (tertiary/aromatic N) is 1. The molecule has 2 aliphatic heterocycles. The van der Waals surface area contributed by atoms with Gasteiger partial charge in [-0.2, -0.15) is 0 Å². The van der Waals surface area contributed by atoms with E-state index in [1.54, 1.807) is 6.26 Å². The van der Waals surface area contributed by atoms with Gasteiger partial charge >= 0.3 is 0 Å². The molecule has 1 aromatic heterocycles. The number of benzene rings is 1. The average Bonchev–Trinajstić information content (AvgIpc) is 3.52. The van der Waals surface area contributed by atoms with Gasteiger partial charge in [-0.05, 0) is 43.0 Å². The van der Waals surface area contributed by atoms with Crippen molar-refractivity contribution in [2.24, 2.45) is 5.92 Å². The Balaban J connectivity index is 1.25. The Kier molecular flexibility index (Phi) is 5.94. The summed E-state index contributed by atoms with van der Waals surface area (Å²) in [6.45, 7) is 1.89. The normalized spacial score (nSPS) is 22.4. The summed E-state index contributed by atoms with van der Waals surface area (Å²) in [6, 6.07) is 11.8. The molecule has 2 amide bonds. The minimum absolute atomic E-state index is 0.0205. The molecule has 2 aromatic rings. The Bertz CT molecular complexity index is 940. The van der Waals surface area contributed by atoms with Gasteiger partial charge in [0.1, 0.15) is 17.1 Å². The second kappa shape index (κ2) is 9.00. The third-order valence-electron chi connectivity index (χ3n) is 7.47. The summed E-state index contributed by atoms with van der Waals surface area (Å²) in [5.41, 5.74) is 0.808. The molecule has 1 atom stereocenters. The number of hydrogen-bond donors (Lipinski definition) is 1. The zero-order chi connectivity index (χ0) is 22.0. The summed E-state index contributed by atoms with van der Waals surface area (Å²) >= 11 is 0. The molecule has 1 spiro atoms. The van der Waals surface area contributed by atoms with Gasteiger partial charge in [0.15, 0.2) is 0 Å². The number of likely N-dealkylation sites (tertiary alicyclic amines) is 1. The highest BCUT2D eigenvalue weighted by atomic mass is 16.5. The van der Waals surface area contributed by atoms with Crippen LogP contribution in [0.15, 0.2) is 47.1 Å². The van der Waals surface area contributed by atoms with Crippen LogP contribution >= 0.6 is 0 Å². The van der Waals surface area contributed by atoms with Crippen LogP contribution in [0.3, 0.4) is 0 Å². The van der Waals surface area contributed by atoms with Gasteiger partial charge in [-0.15, -0.1) is 0 Å². The number of hydrogen-bond acceptors (Lipinski definition) is 4. The van der Waals surface area contributed by atoms with Crippen LogP contribution in [0.1, 0.15) is 68.6 Å². The van der Waals surface area contributed by atoms with E-state index in [4.69, 9.17) is 9.15 Å². The smallest absolute Gasteiger partial charge is 0.225 e. The summed E-state index contributed by atoms with van der Waals surface area (Å²) < 4.78 is 11.9. The molecule has 6 nitrogen and oxygen atoms in total. The van der Waals surface area contributed by atoms with Crippen molar-refractivity contribution in [2.45, 2.75) is 69.4 Å². The summed E-state index contributed by atoms with van der Waals surface area (Å²) in [4.78, 5) is 27.7. The standard InChI is InChI=1S/C26H32N2O4/c29-24(27-18-21-8-5-15-31-21)16-20-17-26(32-23-10-4-3-9-22(20)23)11-13-28(14-12-26)25(30)19-6-1-2-7-19/h3-5,8-10,15,19-20H,1-2,6-7,11-14,16-18H2,(H,27,29)/t20-/m0/s1. The molecule has 0 radical (unpaired) electrons. The second-order valence-electron chi connectivity index (χ2n) is 9.59. The number of nitrogens with one attached hydrogen (secondary N) is 1. The van der Waals surface area contributed by atoms with Crippen LogP contribution in [-0.2, 0) is 16.1 Å². The number of amides is 2. The summed E-state index contributed by atoms with van der Waals surface area (Å²) in [6.07, 6.45) is 8.93. The fourth-order valence-electron chi connectivity index (χ4n) is 5.69. The SMILES string of the molecule is O=C(C[C@H]1CC2(CCN(C(=O)C3CCCC3)CC2)Oc2ccccc21)NCc1ccco1. The van der Waals surface area contributed by atoms with Crippen LogP contribution in [0.2, 0.25) is 0 Å². The highest BCUT2D eigenvalue weighted by Crippen LogP contribution is 2.46. The van der Waals surface area contributed by atoms with Crippen molar-refractivity contribution in [2.75, 3.05) is 13.1 Å². The first-order chi connectivity index (χ1) is 15.6. The van der Waals surface area contributed by atoms with Crippen LogP contribution in [0.25, 0.3) is 0 Å². The maximum absolute atomic E-state index is 12.9. The zero-order valence-corrected chi connectivity index (χ0v) is 18.6. The molecular formula is C26H32N2O4. The number of furan rings is 1. The number of carbonyl (C=O) groups excluding carboxylic acids is 2. The Morgan fingerprint density at radius 1 is 1.06 bits per heavy atom. The van der Waals surface area contributed by atoms with Gasteiger partial charge < -0.3 is 19.4 Å². The predicted octanol–water partition coefficient (Wildman–Crippen LogP) is 4.40. The molecule has 1 saturated heterocycles. The van der Waals surface area contributed by atoms with Crippen LogP contribution in [0, 0.1) is 5.92 Å². The van der Waals surface area contributed by atoms with E-state index in [1.807, 2.05) is 30.3 Å². The van der Waals surface area contributed by atoms with E-state index < -0.39 is 0 Å². The maximum Gasteiger partial charge on any atom is 0.225 e. The molecule has 0 unspecified atom stereocenters. The van der Waals surface area contributed by atoms with Gasteiger partial charge in [-0.1, -0.05) is 31.0 Å². The number of piperidine rings is 1. The van der Waals surface area contributed by atoms with Crippen LogP contribution in [-0.4, -0.2) is 35.4 Å². The van der Waals surface area contributed by atoms with Gasteiger partial charge in [0.25, 0.3) is 0 Å². The van der Waals surface area contributed by atoms with E-state index in [0.717, 1.165) is 62.3 Å². The molecule has 3 aliphatic rings. The van der Waals surface area contributed by atoms with Crippen LogP contribution in [0.4, 0.5) is 0 Å². The summed E-state index contributed by atoms with van der Waals surface area (Å²) in [5.74, 6) is 2.32. The van der Waals surface area contributed by atoms with Crippen molar-refractivity contribution in [1.82, 2.24) is 10.2 Å². The van der Waals surface area contributed by atoms with Gasteiger partial charge in [0.2, 0.25) is 11.8 Å². The van der Waals surface area contributed by atoms with Gasteiger partial charge in [0.05, 0.1) is 12.8 Å².